The van der Waals surface area contributed by atoms with Gasteiger partial charge < -0.3 is 9.47 Å². The summed E-state index contributed by atoms with van der Waals surface area (Å²) in [6.07, 6.45) is 5.15. The van der Waals surface area contributed by atoms with E-state index in [0.717, 1.165) is 18.6 Å². The quantitative estimate of drug-likeness (QED) is 0.790. The minimum Gasteiger partial charge on any atom is -0.497 e. The van der Waals surface area contributed by atoms with Crippen LogP contribution in [-0.2, 0) is 10.0 Å². The van der Waals surface area contributed by atoms with Crippen LogP contribution < -0.4 is 9.47 Å². The highest BCUT2D eigenvalue weighted by Crippen LogP contribution is 2.25. The third-order valence-corrected chi connectivity index (χ3v) is 6.19. The molecule has 1 saturated heterocycles. The van der Waals surface area contributed by atoms with Gasteiger partial charge in [0.1, 0.15) is 11.5 Å². The predicted octanol–water partition coefficient (Wildman–Crippen LogP) is 2.57. The average Bonchev–Trinajstić information content (AvgIpc) is 2.67. The molecule has 1 unspecified atom stereocenters. The molecule has 0 radical (unpaired) electrons. The zero-order chi connectivity index (χ0) is 17.7. The molecule has 0 amide bonds. The highest BCUT2D eigenvalue weighted by Gasteiger charge is 2.30. The summed E-state index contributed by atoms with van der Waals surface area (Å²) in [6.45, 7) is 1.51. The van der Waals surface area contributed by atoms with Crippen LogP contribution in [0.1, 0.15) is 12.8 Å². The molecule has 2 aromatic rings. The fourth-order valence-electron chi connectivity index (χ4n) is 2.93. The number of nitrogens with zero attached hydrogens (tertiary/aromatic N) is 2. The van der Waals surface area contributed by atoms with Crippen LogP contribution in [0.15, 0.2) is 53.7 Å². The lowest BCUT2D eigenvalue weighted by Gasteiger charge is -2.31. The first-order valence-electron chi connectivity index (χ1n) is 8.26. The van der Waals surface area contributed by atoms with Gasteiger partial charge in [-0.1, -0.05) is 0 Å². The number of methoxy groups -OCH3 is 1. The Morgan fingerprint density at radius 3 is 2.52 bits per heavy atom. The number of hydrogen-bond acceptors (Lipinski definition) is 5. The molecule has 25 heavy (non-hydrogen) atoms. The Morgan fingerprint density at radius 1 is 1.12 bits per heavy atom. The minimum absolute atomic E-state index is 0.176. The second kappa shape index (κ2) is 7.84. The van der Waals surface area contributed by atoms with E-state index in [1.165, 1.54) is 0 Å². The van der Waals surface area contributed by atoms with Crippen molar-refractivity contribution in [2.75, 3.05) is 26.8 Å². The number of pyridine rings is 1. The molecule has 3 rings (SSSR count). The zero-order valence-corrected chi connectivity index (χ0v) is 15.0. The average molecular weight is 362 g/mol. The number of aromatic nitrogens is 1. The highest BCUT2D eigenvalue weighted by molar-refractivity contribution is 7.89. The summed E-state index contributed by atoms with van der Waals surface area (Å²) in [5.41, 5.74) is 0. The third-order valence-electron chi connectivity index (χ3n) is 4.31. The fourth-order valence-corrected chi connectivity index (χ4v) is 4.48. The number of hydrogen-bond donors (Lipinski definition) is 0. The smallest absolute Gasteiger partial charge is 0.243 e. The molecule has 0 bridgehead atoms. The molecule has 1 aromatic heterocycles. The van der Waals surface area contributed by atoms with Crippen molar-refractivity contribution in [3.63, 3.8) is 0 Å². The summed E-state index contributed by atoms with van der Waals surface area (Å²) in [4.78, 5) is 4.25. The van der Waals surface area contributed by atoms with Crippen molar-refractivity contribution in [3.05, 3.63) is 48.8 Å². The van der Waals surface area contributed by atoms with Gasteiger partial charge in [0.25, 0.3) is 0 Å². The summed E-state index contributed by atoms with van der Waals surface area (Å²) in [6, 6.07) is 10.1. The maximum Gasteiger partial charge on any atom is 0.243 e. The van der Waals surface area contributed by atoms with E-state index in [0.29, 0.717) is 30.3 Å². The van der Waals surface area contributed by atoms with Gasteiger partial charge in [-0.3, -0.25) is 4.98 Å². The van der Waals surface area contributed by atoms with Crippen LogP contribution in [0.5, 0.6) is 11.5 Å². The van der Waals surface area contributed by atoms with Crippen LogP contribution in [0.25, 0.3) is 0 Å². The van der Waals surface area contributed by atoms with E-state index < -0.39 is 10.0 Å². The molecule has 134 valence electrons. The van der Waals surface area contributed by atoms with E-state index in [1.807, 2.05) is 0 Å². The monoisotopic (exact) mass is 362 g/mol. The molecule has 1 atom stereocenters. The molecule has 0 aliphatic carbocycles. The van der Waals surface area contributed by atoms with E-state index in [1.54, 1.807) is 60.2 Å². The second-order valence-electron chi connectivity index (χ2n) is 6.04. The molecule has 0 spiro atoms. The first-order valence-corrected chi connectivity index (χ1v) is 9.70. The summed E-state index contributed by atoms with van der Waals surface area (Å²) in [5.74, 6) is 1.57. The second-order valence-corrected chi connectivity index (χ2v) is 7.98. The van der Waals surface area contributed by atoms with E-state index in [4.69, 9.17) is 9.47 Å². The summed E-state index contributed by atoms with van der Waals surface area (Å²) >= 11 is 0. The Hall–Kier alpha value is -2.12. The number of sulfonamides is 1. The number of piperidine rings is 1. The summed E-state index contributed by atoms with van der Waals surface area (Å²) < 4.78 is 38.1. The summed E-state index contributed by atoms with van der Waals surface area (Å²) in [7, 11) is -1.93. The fraction of sp³-hybridized carbons (Fsp3) is 0.389. The first-order chi connectivity index (χ1) is 12.1. The van der Waals surface area contributed by atoms with Crippen molar-refractivity contribution < 1.29 is 17.9 Å². The molecule has 1 aromatic carbocycles. The van der Waals surface area contributed by atoms with Crippen LogP contribution in [-0.4, -0.2) is 44.5 Å². The topological polar surface area (TPSA) is 68.7 Å². The Labute approximate surface area is 148 Å². The molecule has 1 fully saturated rings. The van der Waals surface area contributed by atoms with Crippen molar-refractivity contribution in [1.82, 2.24) is 9.29 Å². The maximum absolute atomic E-state index is 12.8. The van der Waals surface area contributed by atoms with Crippen LogP contribution in [0.3, 0.4) is 0 Å². The third kappa shape index (κ3) is 4.29. The SMILES string of the molecule is COc1ccc(S(=O)(=O)N2CCCC(COc3ccncc3)C2)cc1. The lowest BCUT2D eigenvalue weighted by molar-refractivity contribution is 0.180. The van der Waals surface area contributed by atoms with Gasteiger partial charge in [-0.2, -0.15) is 4.31 Å². The van der Waals surface area contributed by atoms with E-state index in [2.05, 4.69) is 4.98 Å². The largest absolute Gasteiger partial charge is 0.497 e. The number of ether oxygens (including phenoxy) is 2. The predicted molar refractivity (Wildman–Crippen MR) is 94.2 cm³/mol. The van der Waals surface area contributed by atoms with Gasteiger partial charge in [0.05, 0.1) is 18.6 Å². The zero-order valence-electron chi connectivity index (χ0n) is 14.2. The number of benzene rings is 1. The molecule has 0 saturated carbocycles. The lowest BCUT2D eigenvalue weighted by Crippen LogP contribution is -2.41. The normalized spacial score (nSPS) is 18.7. The van der Waals surface area contributed by atoms with Gasteiger partial charge in [-0.05, 0) is 49.2 Å². The first kappa shape index (κ1) is 17.7. The standard InChI is InChI=1S/C18H22N2O4S/c1-23-16-4-6-18(7-5-16)25(21,22)20-12-2-3-15(13-20)14-24-17-8-10-19-11-9-17/h4-11,15H,2-3,12-14H2,1H3. The minimum atomic E-state index is -3.49. The molecule has 6 nitrogen and oxygen atoms in total. The number of rotatable bonds is 6. The Kier molecular flexibility index (Phi) is 5.55. The highest BCUT2D eigenvalue weighted by atomic mass is 32.2. The Balaban J connectivity index is 1.65. The van der Waals surface area contributed by atoms with Gasteiger partial charge in [0, 0.05) is 31.4 Å². The molecule has 1 aliphatic rings. The van der Waals surface area contributed by atoms with E-state index in [-0.39, 0.29) is 5.92 Å². The van der Waals surface area contributed by atoms with Crippen LogP contribution in [0, 0.1) is 5.92 Å². The van der Waals surface area contributed by atoms with Gasteiger partial charge in [-0.25, -0.2) is 8.42 Å². The molecule has 1 aliphatic heterocycles. The van der Waals surface area contributed by atoms with Crippen molar-refractivity contribution >= 4 is 10.0 Å². The molecule has 2 heterocycles. The van der Waals surface area contributed by atoms with E-state index in [9.17, 15) is 8.42 Å². The molecule has 7 heteroatoms. The van der Waals surface area contributed by atoms with Crippen molar-refractivity contribution in [2.24, 2.45) is 5.92 Å². The van der Waals surface area contributed by atoms with Crippen molar-refractivity contribution in [2.45, 2.75) is 17.7 Å². The lowest BCUT2D eigenvalue weighted by atomic mass is 10.0. The Morgan fingerprint density at radius 2 is 1.84 bits per heavy atom. The van der Waals surface area contributed by atoms with Crippen LogP contribution in [0.4, 0.5) is 0 Å². The van der Waals surface area contributed by atoms with Crippen molar-refractivity contribution in [1.29, 1.82) is 0 Å². The van der Waals surface area contributed by atoms with E-state index >= 15 is 0 Å². The van der Waals surface area contributed by atoms with Gasteiger partial charge in [-0.15, -0.1) is 0 Å². The van der Waals surface area contributed by atoms with Gasteiger partial charge >= 0.3 is 0 Å². The van der Waals surface area contributed by atoms with Gasteiger partial charge in [0.15, 0.2) is 0 Å². The molecular formula is C18H22N2O4S. The maximum atomic E-state index is 12.8. The molecular weight excluding hydrogens is 340 g/mol. The molecule has 0 N–H and O–H groups in total. The van der Waals surface area contributed by atoms with Crippen LogP contribution in [0.2, 0.25) is 0 Å². The van der Waals surface area contributed by atoms with Crippen LogP contribution >= 0.6 is 0 Å². The van der Waals surface area contributed by atoms with Gasteiger partial charge in [0.2, 0.25) is 10.0 Å². The summed E-state index contributed by atoms with van der Waals surface area (Å²) in [5, 5.41) is 0. The Bertz CT molecular complexity index is 778. The van der Waals surface area contributed by atoms with Crippen molar-refractivity contribution in [3.8, 4) is 11.5 Å².